The molecule has 0 aliphatic carbocycles. The van der Waals surface area contributed by atoms with Crippen LogP contribution >= 0.6 is 0 Å². The Bertz CT molecular complexity index is 789. The minimum absolute atomic E-state index is 0.0223. The first kappa shape index (κ1) is 19.2. The molecular weight excluding hydrogens is 338 g/mol. The van der Waals surface area contributed by atoms with E-state index in [2.05, 4.69) is 22.3 Å². The maximum Gasteiger partial charge on any atom is 0.239 e. The Kier molecular flexibility index (Phi) is 6.35. The highest BCUT2D eigenvalue weighted by molar-refractivity contribution is 5.82. The SMILES string of the molecule is CC(C)OCc1cccc(CNC(=O)CN2CCCc3c(N)cccc32)c1. The lowest BCUT2D eigenvalue weighted by Gasteiger charge is -2.31. The molecule has 0 spiro atoms. The molecule has 3 rings (SSSR count). The average molecular weight is 367 g/mol. The Morgan fingerprint density at radius 1 is 1.22 bits per heavy atom. The topological polar surface area (TPSA) is 67.6 Å². The van der Waals surface area contributed by atoms with E-state index < -0.39 is 0 Å². The Hall–Kier alpha value is -2.53. The Morgan fingerprint density at radius 2 is 2.00 bits per heavy atom. The first-order chi connectivity index (χ1) is 13.0. The zero-order valence-electron chi connectivity index (χ0n) is 16.2. The molecule has 1 aliphatic heterocycles. The minimum atomic E-state index is 0.0223. The van der Waals surface area contributed by atoms with Gasteiger partial charge in [-0.1, -0.05) is 30.3 Å². The lowest BCUT2D eigenvalue weighted by molar-refractivity contribution is -0.119. The number of amides is 1. The molecule has 27 heavy (non-hydrogen) atoms. The van der Waals surface area contributed by atoms with Gasteiger partial charge in [-0.3, -0.25) is 4.79 Å². The molecule has 144 valence electrons. The van der Waals surface area contributed by atoms with E-state index in [1.807, 2.05) is 44.2 Å². The monoisotopic (exact) mass is 367 g/mol. The number of benzene rings is 2. The number of carbonyl (C=O) groups excluding carboxylic acids is 1. The van der Waals surface area contributed by atoms with Crippen LogP contribution in [0.4, 0.5) is 11.4 Å². The van der Waals surface area contributed by atoms with Crippen LogP contribution in [0.5, 0.6) is 0 Å². The second-order valence-corrected chi connectivity index (χ2v) is 7.33. The highest BCUT2D eigenvalue weighted by Gasteiger charge is 2.20. The van der Waals surface area contributed by atoms with Gasteiger partial charge in [0.1, 0.15) is 0 Å². The lowest BCUT2D eigenvalue weighted by Crippen LogP contribution is -2.39. The van der Waals surface area contributed by atoms with Crippen molar-refractivity contribution in [1.29, 1.82) is 0 Å². The van der Waals surface area contributed by atoms with E-state index in [1.54, 1.807) is 0 Å². The predicted molar refractivity (Wildman–Crippen MR) is 110 cm³/mol. The van der Waals surface area contributed by atoms with Crippen LogP contribution in [0, 0.1) is 0 Å². The van der Waals surface area contributed by atoms with Crippen molar-refractivity contribution in [2.75, 3.05) is 23.7 Å². The van der Waals surface area contributed by atoms with E-state index in [1.165, 1.54) is 0 Å². The molecule has 1 amide bonds. The largest absolute Gasteiger partial charge is 0.398 e. The van der Waals surface area contributed by atoms with Crippen molar-refractivity contribution in [3.8, 4) is 0 Å². The van der Waals surface area contributed by atoms with Crippen LogP contribution in [0.3, 0.4) is 0 Å². The van der Waals surface area contributed by atoms with Crippen molar-refractivity contribution in [3.63, 3.8) is 0 Å². The Balaban J connectivity index is 1.55. The first-order valence-corrected chi connectivity index (χ1v) is 9.61. The third kappa shape index (κ3) is 5.23. The normalized spacial score (nSPS) is 13.5. The summed E-state index contributed by atoms with van der Waals surface area (Å²) >= 11 is 0. The van der Waals surface area contributed by atoms with Crippen LogP contribution in [-0.2, 0) is 29.1 Å². The highest BCUT2D eigenvalue weighted by atomic mass is 16.5. The molecule has 2 aromatic rings. The zero-order chi connectivity index (χ0) is 19.2. The maximum absolute atomic E-state index is 12.5. The van der Waals surface area contributed by atoms with Gasteiger partial charge in [-0.25, -0.2) is 0 Å². The van der Waals surface area contributed by atoms with Crippen LogP contribution in [0.25, 0.3) is 0 Å². The van der Waals surface area contributed by atoms with Crippen LogP contribution in [0.1, 0.15) is 37.0 Å². The summed E-state index contributed by atoms with van der Waals surface area (Å²) in [5.41, 5.74) is 11.4. The quantitative estimate of drug-likeness (QED) is 0.737. The van der Waals surface area contributed by atoms with E-state index in [9.17, 15) is 4.79 Å². The van der Waals surface area contributed by atoms with Crippen molar-refractivity contribution in [2.45, 2.75) is 45.9 Å². The summed E-state index contributed by atoms with van der Waals surface area (Å²) in [6, 6.07) is 14.1. The fourth-order valence-electron chi connectivity index (χ4n) is 3.41. The molecule has 0 aromatic heterocycles. The van der Waals surface area contributed by atoms with Gasteiger partial charge in [0.15, 0.2) is 0 Å². The molecule has 0 atom stereocenters. The molecular formula is C22H29N3O2. The summed E-state index contributed by atoms with van der Waals surface area (Å²) < 4.78 is 5.65. The van der Waals surface area contributed by atoms with Gasteiger partial charge in [0.25, 0.3) is 0 Å². The standard InChI is InChI=1S/C22H29N3O2/c1-16(2)27-15-18-7-3-6-17(12-18)13-24-22(26)14-25-11-5-8-19-20(23)9-4-10-21(19)25/h3-4,6-7,9-10,12,16H,5,8,11,13-15,23H2,1-2H3,(H,24,26). The Morgan fingerprint density at radius 3 is 2.81 bits per heavy atom. The van der Waals surface area contributed by atoms with Crippen LogP contribution in [0.15, 0.2) is 42.5 Å². The third-order valence-electron chi connectivity index (χ3n) is 4.78. The van der Waals surface area contributed by atoms with Crippen molar-refractivity contribution in [1.82, 2.24) is 5.32 Å². The molecule has 2 aromatic carbocycles. The molecule has 0 bridgehead atoms. The fourth-order valence-corrected chi connectivity index (χ4v) is 3.41. The van der Waals surface area contributed by atoms with Crippen LogP contribution in [-0.4, -0.2) is 25.1 Å². The molecule has 5 heteroatoms. The highest BCUT2D eigenvalue weighted by Crippen LogP contribution is 2.30. The summed E-state index contributed by atoms with van der Waals surface area (Å²) in [6.45, 7) is 6.39. The summed E-state index contributed by atoms with van der Waals surface area (Å²) in [7, 11) is 0. The number of anilines is 2. The molecule has 0 radical (unpaired) electrons. The molecule has 0 saturated heterocycles. The number of hydrogen-bond donors (Lipinski definition) is 2. The van der Waals surface area contributed by atoms with E-state index in [4.69, 9.17) is 10.5 Å². The first-order valence-electron chi connectivity index (χ1n) is 9.61. The smallest absolute Gasteiger partial charge is 0.239 e. The summed E-state index contributed by atoms with van der Waals surface area (Å²) in [5, 5.41) is 3.03. The van der Waals surface area contributed by atoms with Crippen LogP contribution < -0.4 is 16.0 Å². The lowest BCUT2D eigenvalue weighted by atomic mass is 10.00. The molecule has 0 unspecified atom stereocenters. The van der Waals surface area contributed by atoms with Gasteiger partial charge < -0.3 is 20.7 Å². The van der Waals surface area contributed by atoms with Gasteiger partial charge in [-0.15, -0.1) is 0 Å². The number of carbonyl (C=O) groups is 1. The summed E-state index contributed by atoms with van der Waals surface area (Å²) in [6.07, 6.45) is 2.20. The van der Waals surface area contributed by atoms with E-state index in [0.29, 0.717) is 19.7 Å². The van der Waals surface area contributed by atoms with Gasteiger partial charge >= 0.3 is 0 Å². The minimum Gasteiger partial charge on any atom is -0.398 e. The molecule has 0 fully saturated rings. The number of nitrogens with two attached hydrogens (primary N) is 1. The van der Waals surface area contributed by atoms with Crippen molar-refractivity contribution < 1.29 is 9.53 Å². The van der Waals surface area contributed by atoms with Crippen molar-refractivity contribution >= 4 is 17.3 Å². The number of ether oxygens (including phenoxy) is 1. The average Bonchev–Trinajstić information content (AvgIpc) is 2.66. The van der Waals surface area contributed by atoms with Gasteiger partial charge in [0, 0.05) is 24.5 Å². The number of rotatable bonds is 7. The fraction of sp³-hybridized carbons (Fsp3) is 0.409. The molecule has 3 N–H and O–H groups in total. The second kappa shape index (κ2) is 8.91. The number of fused-ring (bicyclic) bond motifs is 1. The molecule has 5 nitrogen and oxygen atoms in total. The maximum atomic E-state index is 12.5. The number of nitrogens with one attached hydrogen (secondary N) is 1. The van der Waals surface area contributed by atoms with Gasteiger partial charge in [-0.2, -0.15) is 0 Å². The summed E-state index contributed by atoms with van der Waals surface area (Å²) in [5.74, 6) is 0.0223. The molecule has 1 heterocycles. The molecule has 0 saturated carbocycles. The van der Waals surface area contributed by atoms with Gasteiger partial charge in [0.05, 0.1) is 19.3 Å². The van der Waals surface area contributed by atoms with Gasteiger partial charge in [-0.05, 0) is 55.5 Å². The van der Waals surface area contributed by atoms with Crippen molar-refractivity contribution in [2.24, 2.45) is 0 Å². The third-order valence-corrected chi connectivity index (χ3v) is 4.78. The molecule has 1 aliphatic rings. The number of nitrogen functional groups attached to an aromatic ring is 1. The predicted octanol–water partition coefficient (Wildman–Crippen LogP) is 3.26. The van der Waals surface area contributed by atoms with E-state index in [-0.39, 0.29) is 12.0 Å². The summed E-state index contributed by atoms with van der Waals surface area (Å²) in [4.78, 5) is 14.6. The van der Waals surface area contributed by atoms with Crippen LogP contribution in [0.2, 0.25) is 0 Å². The number of hydrogen-bond acceptors (Lipinski definition) is 4. The van der Waals surface area contributed by atoms with E-state index in [0.717, 1.165) is 47.5 Å². The van der Waals surface area contributed by atoms with Crippen molar-refractivity contribution in [3.05, 3.63) is 59.2 Å². The van der Waals surface area contributed by atoms with Gasteiger partial charge in [0.2, 0.25) is 5.91 Å². The second-order valence-electron chi connectivity index (χ2n) is 7.33. The Labute approximate surface area is 161 Å². The van der Waals surface area contributed by atoms with E-state index >= 15 is 0 Å². The number of nitrogens with zero attached hydrogens (tertiary/aromatic N) is 1. The zero-order valence-corrected chi connectivity index (χ0v) is 16.2.